The Labute approximate surface area is 224 Å². The van der Waals surface area contributed by atoms with Gasteiger partial charge in [0.15, 0.2) is 5.60 Å². The van der Waals surface area contributed by atoms with Crippen molar-refractivity contribution in [2.75, 3.05) is 5.32 Å². The molecule has 4 rings (SSSR count). The molecular weight excluding hydrogens is 541 g/mol. The van der Waals surface area contributed by atoms with Crippen molar-refractivity contribution >= 4 is 40.5 Å². The molecule has 0 spiro atoms. The molecule has 4 aromatic rings. The second kappa shape index (κ2) is 10.5. The van der Waals surface area contributed by atoms with Crippen molar-refractivity contribution in [2.45, 2.75) is 25.6 Å². The number of carboxylic acid groups (broad SMARTS) is 1. The van der Waals surface area contributed by atoms with Crippen molar-refractivity contribution in [3.63, 3.8) is 0 Å². The molecule has 1 aromatic heterocycles. The van der Waals surface area contributed by atoms with Gasteiger partial charge in [-0.15, -0.1) is 11.3 Å². The summed E-state index contributed by atoms with van der Waals surface area (Å²) in [7, 11) is 0. The lowest BCUT2D eigenvalue weighted by Gasteiger charge is -2.21. The number of carbonyl (C=O) groups is 2. The number of benzene rings is 3. The van der Waals surface area contributed by atoms with Crippen LogP contribution in [0.4, 0.5) is 18.9 Å². The van der Waals surface area contributed by atoms with Gasteiger partial charge < -0.3 is 15.2 Å². The average Bonchev–Trinajstić information content (AvgIpc) is 3.30. The Bertz CT molecular complexity index is 1470. The van der Waals surface area contributed by atoms with E-state index in [2.05, 4.69) is 10.3 Å². The fourth-order valence-electron chi connectivity index (χ4n) is 3.33. The number of aliphatic carboxylic acids is 1. The molecule has 0 saturated carbocycles. The molecule has 0 saturated heterocycles. The number of halogens is 4. The van der Waals surface area contributed by atoms with E-state index in [9.17, 15) is 27.9 Å². The highest BCUT2D eigenvalue weighted by molar-refractivity contribution is 7.18. The minimum absolute atomic E-state index is 0.0829. The number of rotatable bonds is 7. The van der Waals surface area contributed by atoms with Crippen LogP contribution in [0, 0.1) is 0 Å². The number of aromatic nitrogens is 1. The van der Waals surface area contributed by atoms with Gasteiger partial charge in [-0.3, -0.25) is 4.79 Å². The Balaban J connectivity index is 1.66. The zero-order valence-corrected chi connectivity index (χ0v) is 21.5. The zero-order valence-electron chi connectivity index (χ0n) is 20.0. The molecular formula is C27H20ClF3N2O4S. The molecule has 11 heteroatoms. The van der Waals surface area contributed by atoms with Crippen LogP contribution in [0.2, 0.25) is 5.02 Å². The van der Waals surface area contributed by atoms with Crippen molar-refractivity contribution in [3.8, 4) is 26.8 Å². The minimum Gasteiger partial charge on any atom is -0.478 e. The molecule has 196 valence electrons. The Kier molecular flexibility index (Phi) is 7.48. The summed E-state index contributed by atoms with van der Waals surface area (Å²) < 4.78 is 44.2. The van der Waals surface area contributed by atoms with Gasteiger partial charge in [-0.2, -0.15) is 13.2 Å². The van der Waals surface area contributed by atoms with Gasteiger partial charge in [0.25, 0.3) is 5.91 Å². The third-order valence-corrected chi connectivity index (χ3v) is 6.81. The van der Waals surface area contributed by atoms with Crippen LogP contribution in [0.3, 0.4) is 0 Å². The summed E-state index contributed by atoms with van der Waals surface area (Å²) in [6.07, 6.45) is -4.49. The fourth-order valence-corrected chi connectivity index (χ4v) is 4.53. The highest BCUT2D eigenvalue weighted by atomic mass is 35.5. The van der Waals surface area contributed by atoms with Gasteiger partial charge in [-0.25, -0.2) is 9.78 Å². The first-order valence-electron chi connectivity index (χ1n) is 11.1. The number of carboxylic acids is 1. The van der Waals surface area contributed by atoms with Gasteiger partial charge in [0.2, 0.25) is 0 Å². The number of anilines is 1. The molecule has 0 radical (unpaired) electrons. The molecule has 0 aliphatic heterocycles. The van der Waals surface area contributed by atoms with Crippen LogP contribution < -0.4 is 10.1 Å². The number of amides is 1. The maximum Gasteiger partial charge on any atom is 0.416 e. The van der Waals surface area contributed by atoms with Crippen LogP contribution in [0.15, 0.2) is 72.8 Å². The van der Waals surface area contributed by atoms with Crippen molar-refractivity contribution in [1.82, 2.24) is 4.98 Å². The fraction of sp³-hybridized carbons (Fsp3) is 0.148. The summed E-state index contributed by atoms with van der Waals surface area (Å²) in [5.41, 5.74) is -0.652. The van der Waals surface area contributed by atoms with Gasteiger partial charge in [0.1, 0.15) is 16.5 Å². The number of nitrogens with zero attached hydrogens (tertiary/aromatic N) is 1. The Morgan fingerprint density at radius 1 is 0.921 bits per heavy atom. The first-order valence-corrected chi connectivity index (χ1v) is 12.3. The number of ether oxygens (including phenoxy) is 1. The zero-order chi connectivity index (χ0) is 27.7. The van der Waals surface area contributed by atoms with Crippen molar-refractivity contribution < 1.29 is 32.6 Å². The number of thiazole rings is 1. The van der Waals surface area contributed by atoms with Gasteiger partial charge in [-0.05, 0) is 80.1 Å². The van der Waals surface area contributed by atoms with Crippen molar-refractivity contribution in [2.24, 2.45) is 0 Å². The standard InChI is InChI=1S/C27H20ClF3N2O4S/c1-26(2,25(35)36)37-20-13-5-16(6-14-20)24-33-21(22(38-24)15-3-9-18(28)10-4-15)23(34)32-19-11-7-17(8-12-19)27(29,30)31/h3-14H,1-2H3,(H,32,34)(H,35,36). The van der Waals surface area contributed by atoms with Crippen LogP contribution in [0.25, 0.3) is 21.0 Å². The SMILES string of the molecule is CC(C)(Oc1ccc(-c2nc(C(=O)Nc3ccc(C(F)(F)F)cc3)c(-c3ccc(Cl)cc3)s2)cc1)C(=O)O. The number of hydrogen-bond donors (Lipinski definition) is 2. The number of carbonyl (C=O) groups excluding carboxylic acids is 1. The number of hydrogen-bond acceptors (Lipinski definition) is 5. The summed E-state index contributed by atoms with van der Waals surface area (Å²) in [5.74, 6) is -1.37. The summed E-state index contributed by atoms with van der Waals surface area (Å²) in [6.45, 7) is 2.87. The minimum atomic E-state index is -4.49. The lowest BCUT2D eigenvalue weighted by atomic mass is 10.1. The van der Waals surface area contributed by atoms with E-state index in [-0.39, 0.29) is 11.4 Å². The maximum atomic E-state index is 13.2. The van der Waals surface area contributed by atoms with E-state index >= 15 is 0 Å². The lowest BCUT2D eigenvalue weighted by Crippen LogP contribution is -2.37. The summed E-state index contributed by atoms with van der Waals surface area (Å²) in [5, 5.41) is 12.9. The molecule has 0 atom stereocenters. The highest BCUT2D eigenvalue weighted by Gasteiger charge is 2.31. The first-order chi connectivity index (χ1) is 17.8. The topological polar surface area (TPSA) is 88.5 Å². The van der Waals surface area contributed by atoms with Crippen molar-refractivity contribution in [1.29, 1.82) is 0 Å². The van der Waals surface area contributed by atoms with Crippen LogP contribution in [0.5, 0.6) is 5.75 Å². The van der Waals surface area contributed by atoms with E-state index in [0.29, 0.717) is 31.8 Å². The van der Waals surface area contributed by atoms with E-state index in [1.54, 1.807) is 48.5 Å². The van der Waals surface area contributed by atoms with Crippen LogP contribution in [-0.4, -0.2) is 27.6 Å². The van der Waals surface area contributed by atoms with Crippen LogP contribution in [0.1, 0.15) is 29.9 Å². The van der Waals surface area contributed by atoms with Crippen molar-refractivity contribution in [3.05, 3.63) is 89.1 Å². The summed E-state index contributed by atoms with van der Waals surface area (Å²) in [4.78, 5) is 29.6. The van der Waals surface area contributed by atoms with E-state index in [1.807, 2.05) is 0 Å². The third kappa shape index (κ3) is 6.15. The van der Waals surface area contributed by atoms with E-state index in [0.717, 1.165) is 12.1 Å². The molecule has 38 heavy (non-hydrogen) atoms. The second-order valence-electron chi connectivity index (χ2n) is 8.67. The molecule has 6 nitrogen and oxygen atoms in total. The van der Waals surface area contributed by atoms with Gasteiger partial charge >= 0.3 is 12.1 Å². The normalized spacial score (nSPS) is 11.7. The molecule has 0 aliphatic rings. The summed E-state index contributed by atoms with van der Waals surface area (Å²) >= 11 is 7.26. The Morgan fingerprint density at radius 2 is 1.50 bits per heavy atom. The van der Waals surface area contributed by atoms with Gasteiger partial charge in [0.05, 0.1) is 10.4 Å². The van der Waals surface area contributed by atoms with Crippen LogP contribution in [-0.2, 0) is 11.0 Å². The molecule has 1 amide bonds. The summed E-state index contributed by atoms with van der Waals surface area (Å²) in [6, 6.07) is 17.5. The molecule has 0 aliphatic carbocycles. The van der Waals surface area contributed by atoms with E-state index in [4.69, 9.17) is 16.3 Å². The predicted molar refractivity (Wildman–Crippen MR) is 140 cm³/mol. The molecule has 3 aromatic carbocycles. The second-order valence-corrected chi connectivity index (χ2v) is 10.1. The van der Waals surface area contributed by atoms with E-state index < -0.39 is 29.2 Å². The molecule has 1 heterocycles. The van der Waals surface area contributed by atoms with E-state index in [1.165, 1.54) is 37.3 Å². The highest BCUT2D eigenvalue weighted by Crippen LogP contribution is 2.37. The van der Waals surface area contributed by atoms with Gasteiger partial charge in [-0.1, -0.05) is 23.7 Å². The third-order valence-electron chi connectivity index (χ3n) is 5.41. The Morgan fingerprint density at radius 3 is 2.05 bits per heavy atom. The number of nitrogens with one attached hydrogen (secondary N) is 1. The smallest absolute Gasteiger partial charge is 0.416 e. The maximum absolute atomic E-state index is 13.2. The largest absolute Gasteiger partial charge is 0.478 e. The Hall–Kier alpha value is -3.89. The molecule has 2 N–H and O–H groups in total. The van der Waals surface area contributed by atoms with Crippen LogP contribution >= 0.6 is 22.9 Å². The molecule has 0 unspecified atom stereocenters. The van der Waals surface area contributed by atoms with Gasteiger partial charge in [0, 0.05) is 16.3 Å². The predicted octanol–water partition coefficient (Wildman–Crippen LogP) is 7.64. The molecule has 0 bridgehead atoms. The monoisotopic (exact) mass is 560 g/mol. The quantitative estimate of drug-likeness (QED) is 0.242. The number of alkyl halides is 3. The molecule has 0 fully saturated rings. The first kappa shape index (κ1) is 27.2. The lowest BCUT2D eigenvalue weighted by molar-refractivity contribution is -0.152. The average molecular weight is 561 g/mol.